The predicted octanol–water partition coefficient (Wildman–Crippen LogP) is 1.27. The Morgan fingerprint density at radius 3 is 2.91 bits per heavy atom. The molecule has 22 heavy (non-hydrogen) atoms. The highest BCUT2D eigenvalue weighted by Gasteiger charge is 2.22. The summed E-state index contributed by atoms with van der Waals surface area (Å²) in [4.78, 5) is 36.4. The van der Waals surface area contributed by atoms with Crippen molar-refractivity contribution in [3.8, 4) is 0 Å². The fourth-order valence-electron chi connectivity index (χ4n) is 2.21. The Balaban J connectivity index is 1.97. The number of benzene rings is 1. The van der Waals surface area contributed by atoms with Crippen LogP contribution in [0.3, 0.4) is 0 Å². The Labute approximate surface area is 128 Å². The molecule has 0 aliphatic carbocycles. The molecule has 1 fully saturated rings. The molecule has 116 valence electrons. The zero-order chi connectivity index (χ0) is 15.9. The van der Waals surface area contributed by atoms with Gasteiger partial charge < -0.3 is 15.0 Å². The lowest BCUT2D eigenvalue weighted by Crippen LogP contribution is -2.26. The maximum atomic E-state index is 12.0. The first-order valence-electron chi connectivity index (χ1n) is 7.05. The van der Waals surface area contributed by atoms with E-state index in [2.05, 4.69) is 10.1 Å². The van der Waals surface area contributed by atoms with Crippen LogP contribution in [0.15, 0.2) is 36.4 Å². The number of methoxy groups -OCH3 is 1. The molecule has 0 saturated carbocycles. The average Bonchev–Trinajstić information content (AvgIpc) is 2.97. The highest BCUT2D eigenvalue weighted by Crippen LogP contribution is 2.22. The highest BCUT2D eigenvalue weighted by atomic mass is 16.5. The minimum Gasteiger partial charge on any atom is -0.466 e. The van der Waals surface area contributed by atoms with Crippen molar-refractivity contribution in [3.63, 3.8) is 0 Å². The van der Waals surface area contributed by atoms with Gasteiger partial charge in [0.2, 0.25) is 5.91 Å². The van der Waals surface area contributed by atoms with Gasteiger partial charge in [-0.3, -0.25) is 9.59 Å². The van der Waals surface area contributed by atoms with Gasteiger partial charge in [-0.05, 0) is 24.6 Å². The van der Waals surface area contributed by atoms with Gasteiger partial charge in [0.25, 0.3) is 5.91 Å². The van der Waals surface area contributed by atoms with E-state index in [1.54, 1.807) is 23.1 Å². The maximum Gasteiger partial charge on any atom is 0.330 e. The second kappa shape index (κ2) is 7.40. The molecule has 1 saturated heterocycles. The molecule has 2 amide bonds. The van der Waals surface area contributed by atoms with Crippen LogP contribution in [-0.2, 0) is 14.3 Å². The molecule has 1 aromatic rings. The summed E-state index contributed by atoms with van der Waals surface area (Å²) in [7, 11) is 1.29. The Hall–Kier alpha value is -2.63. The molecule has 0 spiro atoms. The standard InChI is InChI=1S/C16H18N2O4/c1-22-15(20)8-3-9-17-16(21)12-5-2-6-13(11-12)18-10-4-7-14(18)19/h2-3,5-6,8,11H,4,7,9-10H2,1H3,(H,17,21)/b8-3+. The molecule has 0 bridgehead atoms. The van der Waals surface area contributed by atoms with Crippen LogP contribution < -0.4 is 10.2 Å². The number of anilines is 1. The van der Waals surface area contributed by atoms with Crippen LogP contribution in [0, 0.1) is 0 Å². The van der Waals surface area contributed by atoms with Gasteiger partial charge in [-0.25, -0.2) is 4.79 Å². The zero-order valence-corrected chi connectivity index (χ0v) is 12.4. The number of esters is 1. The molecule has 2 rings (SSSR count). The van der Waals surface area contributed by atoms with Crippen molar-refractivity contribution >= 4 is 23.5 Å². The summed E-state index contributed by atoms with van der Waals surface area (Å²) < 4.78 is 4.45. The topological polar surface area (TPSA) is 75.7 Å². The average molecular weight is 302 g/mol. The first kappa shape index (κ1) is 15.8. The van der Waals surface area contributed by atoms with E-state index >= 15 is 0 Å². The number of nitrogens with zero attached hydrogens (tertiary/aromatic N) is 1. The number of nitrogens with one attached hydrogen (secondary N) is 1. The Kier molecular flexibility index (Phi) is 5.30. The third-order valence-corrected chi connectivity index (χ3v) is 3.33. The zero-order valence-electron chi connectivity index (χ0n) is 12.4. The monoisotopic (exact) mass is 302 g/mol. The third kappa shape index (κ3) is 3.94. The molecule has 6 nitrogen and oxygen atoms in total. The number of carbonyl (C=O) groups is 3. The summed E-state index contributed by atoms with van der Waals surface area (Å²) >= 11 is 0. The van der Waals surface area contributed by atoms with E-state index < -0.39 is 5.97 Å². The summed E-state index contributed by atoms with van der Waals surface area (Å²) in [5.41, 5.74) is 1.21. The quantitative estimate of drug-likeness (QED) is 0.656. The minimum atomic E-state index is -0.469. The first-order valence-corrected chi connectivity index (χ1v) is 7.05. The van der Waals surface area contributed by atoms with Gasteiger partial charge in [0.15, 0.2) is 0 Å². The van der Waals surface area contributed by atoms with Crippen molar-refractivity contribution in [2.75, 3.05) is 25.1 Å². The van der Waals surface area contributed by atoms with Crippen LogP contribution in [0.1, 0.15) is 23.2 Å². The summed E-state index contributed by atoms with van der Waals surface area (Å²) in [6.45, 7) is 0.909. The highest BCUT2D eigenvalue weighted by molar-refractivity contribution is 5.99. The van der Waals surface area contributed by atoms with Crippen LogP contribution >= 0.6 is 0 Å². The van der Waals surface area contributed by atoms with Gasteiger partial charge in [0.05, 0.1) is 7.11 Å². The largest absolute Gasteiger partial charge is 0.466 e. The fourth-order valence-corrected chi connectivity index (χ4v) is 2.21. The van der Waals surface area contributed by atoms with Gasteiger partial charge >= 0.3 is 5.97 Å². The number of hydrogen-bond acceptors (Lipinski definition) is 4. The second-order valence-electron chi connectivity index (χ2n) is 4.83. The minimum absolute atomic E-state index is 0.0820. The maximum absolute atomic E-state index is 12.0. The second-order valence-corrected chi connectivity index (χ2v) is 4.83. The van der Waals surface area contributed by atoms with Crippen molar-refractivity contribution < 1.29 is 19.1 Å². The lowest BCUT2D eigenvalue weighted by molar-refractivity contribution is -0.134. The van der Waals surface area contributed by atoms with Gasteiger partial charge in [0.1, 0.15) is 0 Å². The van der Waals surface area contributed by atoms with Crippen LogP contribution in [0.4, 0.5) is 5.69 Å². The van der Waals surface area contributed by atoms with Crippen LogP contribution in [-0.4, -0.2) is 38.0 Å². The lowest BCUT2D eigenvalue weighted by atomic mass is 10.1. The van der Waals surface area contributed by atoms with Crippen LogP contribution in [0.2, 0.25) is 0 Å². The summed E-state index contributed by atoms with van der Waals surface area (Å²) in [6.07, 6.45) is 4.15. The third-order valence-electron chi connectivity index (χ3n) is 3.33. The summed E-state index contributed by atoms with van der Waals surface area (Å²) in [5.74, 6) is -0.648. The van der Waals surface area contributed by atoms with E-state index in [9.17, 15) is 14.4 Å². The van der Waals surface area contributed by atoms with Crippen molar-refractivity contribution in [1.82, 2.24) is 5.32 Å². The van der Waals surface area contributed by atoms with Gasteiger partial charge in [-0.2, -0.15) is 0 Å². The summed E-state index contributed by atoms with van der Waals surface area (Å²) in [5, 5.41) is 2.67. The van der Waals surface area contributed by atoms with Crippen molar-refractivity contribution in [2.24, 2.45) is 0 Å². The first-order chi connectivity index (χ1) is 10.6. The molecule has 1 aliphatic rings. The van der Waals surface area contributed by atoms with E-state index in [-0.39, 0.29) is 18.4 Å². The van der Waals surface area contributed by atoms with E-state index in [1.165, 1.54) is 19.3 Å². The summed E-state index contributed by atoms with van der Waals surface area (Å²) in [6, 6.07) is 6.95. The lowest BCUT2D eigenvalue weighted by Gasteiger charge is -2.16. The van der Waals surface area contributed by atoms with Gasteiger partial charge in [-0.15, -0.1) is 0 Å². The van der Waals surface area contributed by atoms with Crippen molar-refractivity contribution in [2.45, 2.75) is 12.8 Å². The number of hydrogen-bond donors (Lipinski definition) is 1. The van der Waals surface area contributed by atoms with E-state index in [1.807, 2.05) is 6.07 Å². The number of ether oxygens (including phenoxy) is 1. The predicted molar refractivity (Wildman–Crippen MR) is 81.5 cm³/mol. The molecule has 0 unspecified atom stereocenters. The van der Waals surface area contributed by atoms with E-state index in [0.717, 1.165) is 12.1 Å². The smallest absolute Gasteiger partial charge is 0.330 e. The molecule has 0 aromatic heterocycles. The molecule has 0 atom stereocenters. The van der Waals surface area contributed by atoms with Crippen LogP contribution in [0.25, 0.3) is 0 Å². The normalized spacial score (nSPS) is 14.4. The van der Waals surface area contributed by atoms with E-state index in [4.69, 9.17) is 0 Å². The van der Waals surface area contributed by atoms with Crippen LogP contribution in [0.5, 0.6) is 0 Å². The van der Waals surface area contributed by atoms with Crippen molar-refractivity contribution in [1.29, 1.82) is 0 Å². The molecule has 1 aromatic carbocycles. The molecular formula is C16H18N2O4. The molecule has 0 radical (unpaired) electrons. The Morgan fingerprint density at radius 2 is 2.23 bits per heavy atom. The molecule has 1 aliphatic heterocycles. The Bertz CT molecular complexity index is 610. The van der Waals surface area contributed by atoms with Gasteiger partial charge in [0, 0.05) is 36.8 Å². The molecular weight excluding hydrogens is 284 g/mol. The number of amides is 2. The molecule has 1 heterocycles. The van der Waals surface area contributed by atoms with Gasteiger partial charge in [-0.1, -0.05) is 12.1 Å². The van der Waals surface area contributed by atoms with Crippen molar-refractivity contribution in [3.05, 3.63) is 42.0 Å². The molecule has 6 heteroatoms. The fraction of sp³-hybridized carbons (Fsp3) is 0.312. The Morgan fingerprint density at radius 1 is 1.41 bits per heavy atom. The SMILES string of the molecule is COC(=O)/C=C/CNC(=O)c1cccc(N2CCCC2=O)c1. The number of carbonyl (C=O) groups excluding carboxylic acids is 3. The molecule has 1 N–H and O–H groups in total. The number of rotatable bonds is 5. The van der Waals surface area contributed by atoms with E-state index in [0.29, 0.717) is 18.5 Å².